The number of likely N-dealkylation sites (tertiary alicyclic amines) is 2. The summed E-state index contributed by atoms with van der Waals surface area (Å²) in [6.45, 7) is 5.47. The Bertz CT molecular complexity index is 433. The predicted molar refractivity (Wildman–Crippen MR) is 81.1 cm³/mol. The number of nitrogens with zero attached hydrogens (tertiary/aromatic N) is 2. The summed E-state index contributed by atoms with van der Waals surface area (Å²) in [5.41, 5.74) is 4.91. The summed E-state index contributed by atoms with van der Waals surface area (Å²) < 4.78 is 0. The van der Waals surface area contributed by atoms with Crippen LogP contribution in [0.3, 0.4) is 0 Å². The summed E-state index contributed by atoms with van der Waals surface area (Å²) in [6.07, 6.45) is 2.02. The van der Waals surface area contributed by atoms with Crippen LogP contribution in [0.5, 0.6) is 0 Å². The molecule has 2 rings (SSSR count). The van der Waals surface area contributed by atoms with Gasteiger partial charge in [-0.05, 0) is 25.3 Å². The monoisotopic (exact) mass is 297 g/mol. The molecule has 0 atom stereocenters. The van der Waals surface area contributed by atoms with Crippen molar-refractivity contribution in [1.29, 1.82) is 0 Å². The van der Waals surface area contributed by atoms with E-state index in [1.54, 1.807) is 0 Å². The van der Waals surface area contributed by atoms with Crippen LogP contribution in [-0.2, 0) is 9.59 Å². The van der Waals surface area contributed by atoms with Crippen LogP contribution in [0, 0.1) is 5.41 Å². The minimum absolute atomic E-state index is 0.136. The first kappa shape index (κ1) is 15.4. The fraction of sp³-hybridized carbons (Fsp3) is 0.786. The molecular weight excluding hydrogens is 274 g/mol. The highest BCUT2D eigenvalue weighted by Gasteiger charge is 2.51. The van der Waals surface area contributed by atoms with Crippen LogP contribution in [0.1, 0.15) is 39.5 Å². The molecule has 0 aromatic carbocycles. The topological polar surface area (TPSA) is 66.6 Å². The van der Waals surface area contributed by atoms with Crippen LogP contribution in [0.4, 0.5) is 0 Å². The highest BCUT2D eigenvalue weighted by Crippen LogP contribution is 2.38. The predicted octanol–water partition coefficient (Wildman–Crippen LogP) is 0.912. The SMILES string of the molecule is CN1CCC(C(N)=S)(N2C(=O)CC(C)(C)CC2=O)CC1. The highest BCUT2D eigenvalue weighted by molar-refractivity contribution is 7.80. The van der Waals surface area contributed by atoms with Crippen LogP contribution >= 0.6 is 12.2 Å². The number of imide groups is 1. The summed E-state index contributed by atoms with van der Waals surface area (Å²) in [4.78, 5) is 28.8. The molecule has 0 radical (unpaired) electrons. The van der Waals surface area contributed by atoms with Crippen molar-refractivity contribution in [3.05, 3.63) is 0 Å². The van der Waals surface area contributed by atoms with Gasteiger partial charge in [0.2, 0.25) is 11.8 Å². The van der Waals surface area contributed by atoms with Crippen LogP contribution in [0.2, 0.25) is 0 Å². The number of hydrogen-bond donors (Lipinski definition) is 1. The van der Waals surface area contributed by atoms with E-state index in [1.165, 1.54) is 4.90 Å². The molecule has 2 fully saturated rings. The van der Waals surface area contributed by atoms with Gasteiger partial charge in [-0.1, -0.05) is 26.1 Å². The van der Waals surface area contributed by atoms with Crippen molar-refractivity contribution >= 4 is 29.0 Å². The van der Waals surface area contributed by atoms with Gasteiger partial charge >= 0.3 is 0 Å². The average Bonchev–Trinajstić information content (AvgIpc) is 2.28. The first-order valence-corrected chi connectivity index (χ1v) is 7.43. The summed E-state index contributed by atoms with van der Waals surface area (Å²) in [5, 5.41) is 0. The maximum Gasteiger partial charge on any atom is 0.230 e. The minimum atomic E-state index is -0.757. The second-order valence-corrected chi connectivity index (χ2v) is 7.28. The van der Waals surface area contributed by atoms with Crippen LogP contribution in [0.15, 0.2) is 0 Å². The molecule has 0 bridgehead atoms. The zero-order valence-corrected chi connectivity index (χ0v) is 13.3. The van der Waals surface area contributed by atoms with E-state index in [2.05, 4.69) is 4.90 Å². The molecule has 2 aliphatic heterocycles. The Morgan fingerprint density at radius 2 is 1.60 bits per heavy atom. The third-order valence-electron chi connectivity index (χ3n) is 4.46. The molecule has 0 unspecified atom stereocenters. The number of rotatable bonds is 2. The van der Waals surface area contributed by atoms with Gasteiger partial charge in [0, 0.05) is 25.9 Å². The van der Waals surface area contributed by atoms with Gasteiger partial charge in [-0.25, -0.2) is 0 Å². The van der Waals surface area contributed by atoms with E-state index >= 15 is 0 Å². The van der Waals surface area contributed by atoms with Gasteiger partial charge in [-0.15, -0.1) is 0 Å². The van der Waals surface area contributed by atoms with Crippen molar-refractivity contribution in [2.75, 3.05) is 20.1 Å². The lowest BCUT2D eigenvalue weighted by Gasteiger charge is -2.49. The maximum atomic E-state index is 12.5. The summed E-state index contributed by atoms with van der Waals surface area (Å²) >= 11 is 5.22. The van der Waals surface area contributed by atoms with E-state index in [0.717, 1.165) is 13.1 Å². The lowest BCUT2D eigenvalue weighted by atomic mass is 9.77. The van der Waals surface area contributed by atoms with Gasteiger partial charge in [0.05, 0.1) is 4.99 Å². The van der Waals surface area contributed by atoms with Crippen LogP contribution < -0.4 is 5.73 Å². The highest BCUT2D eigenvalue weighted by atomic mass is 32.1. The van der Waals surface area contributed by atoms with Gasteiger partial charge in [-0.3, -0.25) is 14.5 Å². The average molecular weight is 297 g/mol. The number of thiocarbonyl (C=S) groups is 1. The van der Waals surface area contributed by atoms with Crippen molar-refractivity contribution < 1.29 is 9.59 Å². The zero-order valence-electron chi connectivity index (χ0n) is 12.4. The van der Waals surface area contributed by atoms with Crippen molar-refractivity contribution in [3.63, 3.8) is 0 Å². The quantitative estimate of drug-likeness (QED) is 0.606. The number of carbonyl (C=O) groups is 2. The molecular formula is C14H23N3O2S. The summed E-state index contributed by atoms with van der Waals surface area (Å²) in [5.74, 6) is -0.271. The smallest absolute Gasteiger partial charge is 0.230 e. The number of carbonyl (C=O) groups excluding carboxylic acids is 2. The Labute approximate surface area is 125 Å². The fourth-order valence-corrected chi connectivity index (χ4v) is 3.52. The van der Waals surface area contributed by atoms with Gasteiger partial charge in [-0.2, -0.15) is 0 Å². The van der Waals surface area contributed by atoms with Crippen LogP contribution in [-0.4, -0.2) is 52.3 Å². The second kappa shape index (κ2) is 5.07. The van der Waals surface area contributed by atoms with E-state index in [1.807, 2.05) is 20.9 Å². The fourth-order valence-electron chi connectivity index (χ4n) is 3.22. The first-order valence-electron chi connectivity index (χ1n) is 7.02. The van der Waals surface area contributed by atoms with Gasteiger partial charge < -0.3 is 10.6 Å². The standard InChI is InChI=1S/C14H23N3O2S/c1-13(2)8-10(18)17(11(19)9-13)14(12(15)20)4-6-16(3)7-5-14/h4-9H2,1-3H3,(H2,15,20). The number of nitrogens with two attached hydrogens (primary N) is 1. The van der Waals surface area contributed by atoms with E-state index in [4.69, 9.17) is 18.0 Å². The molecule has 2 saturated heterocycles. The molecule has 0 spiro atoms. The third-order valence-corrected chi connectivity index (χ3v) is 4.84. The Morgan fingerprint density at radius 3 is 2.00 bits per heavy atom. The molecule has 2 heterocycles. The number of piperidine rings is 2. The van der Waals surface area contributed by atoms with Crippen molar-refractivity contribution in [2.24, 2.45) is 11.1 Å². The molecule has 6 heteroatoms. The van der Waals surface area contributed by atoms with E-state index in [0.29, 0.717) is 25.7 Å². The Morgan fingerprint density at radius 1 is 1.15 bits per heavy atom. The first-order chi connectivity index (χ1) is 9.18. The van der Waals surface area contributed by atoms with Crippen molar-refractivity contribution in [3.8, 4) is 0 Å². The third kappa shape index (κ3) is 2.59. The summed E-state index contributed by atoms with van der Waals surface area (Å²) in [6, 6.07) is 0. The number of hydrogen-bond acceptors (Lipinski definition) is 4. The molecule has 20 heavy (non-hydrogen) atoms. The molecule has 112 valence electrons. The molecule has 0 saturated carbocycles. The molecule has 0 aromatic rings. The lowest BCUT2D eigenvalue weighted by Crippen LogP contribution is -2.66. The van der Waals surface area contributed by atoms with E-state index in [9.17, 15) is 9.59 Å². The van der Waals surface area contributed by atoms with Gasteiger partial charge in [0.1, 0.15) is 5.54 Å². The van der Waals surface area contributed by atoms with E-state index < -0.39 is 5.54 Å². The molecule has 5 nitrogen and oxygen atoms in total. The lowest BCUT2D eigenvalue weighted by molar-refractivity contribution is -0.159. The molecule has 2 amide bonds. The molecule has 0 aliphatic carbocycles. The Hall–Kier alpha value is -1.01. The Balaban J connectivity index is 2.33. The maximum absolute atomic E-state index is 12.5. The van der Waals surface area contributed by atoms with Crippen LogP contribution in [0.25, 0.3) is 0 Å². The number of amides is 2. The summed E-state index contributed by atoms with van der Waals surface area (Å²) in [7, 11) is 2.02. The largest absolute Gasteiger partial charge is 0.391 e. The van der Waals surface area contributed by atoms with Crippen molar-refractivity contribution in [2.45, 2.75) is 45.1 Å². The molecule has 2 N–H and O–H groups in total. The van der Waals surface area contributed by atoms with Gasteiger partial charge in [0.25, 0.3) is 0 Å². The van der Waals surface area contributed by atoms with Gasteiger partial charge in [0.15, 0.2) is 0 Å². The second-order valence-electron chi connectivity index (χ2n) is 6.84. The minimum Gasteiger partial charge on any atom is -0.391 e. The Kier molecular flexibility index (Phi) is 3.90. The molecule has 2 aliphatic rings. The normalized spacial score (nSPS) is 26.6. The van der Waals surface area contributed by atoms with Crippen molar-refractivity contribution in [1.82, 2.24) is 9.80 Å². The zero-order chi connectivity index (χ0) is 15.1. The molecule has 0 aromatic heterocycles. The van der Waals surface area contributed by atoms with E-state index in [-0.39, 0.29) is 22.2 Å².